The van der Waals surface area contributed by atoms with Gasteiger partial charge in [0.2, 0.25) is 0 Å². The highest BCUT2D eigenvalue weighted by molar-refractivity contribution is 7.85. The Hall–Kier alpha value is -0.170. The molecule has 6 heteroatoms. The van der Waals surface area contributed by atoms with Crippen molar-refractivity contribution in [2.24, 2.45) is 5.73 Å². The van der Waals surface area contributed by atoms with Gasteiger partial charge in [-0.3, -0.25) is 4.55 Å². The number of hydrogen-bond donors (Lipinski definition) is 2. The highest BCUT2D eigenvalue weighted by Crippen LogP contribution is 2.07. The molecule has 3 N–H and O–H groups in total. The third-order valence-electron chi connectivity index (χ3n) is 1.06. The van der Waals surface area contributed by atoms with Gasteiger partial charge in [0.25, 0.3) is 10.1 Å². The molecule has 1 fully saturated rings. The smallest absolute Gasteiger partial charge is 0.261 e. The summed E-state index contributed by atoms with van der Waals surface area (Å²) in [7, 11) is -3.67. The van der Waals surface area contributed by atoms with E-state index in [1.807, 2.05) is 0 Å². The molecule has 0 amide bonds. The standard InChI is InChI=1S/C4H9NO.CH4O3S/c5-3-4-1-2-6-4;1-5(2,3)4/h4H,1-3,5H2;1H3,(H,2,3,4)/t4-;/m0./s1. The zero-order chi connectivity index (χ0) is 8.91. The van der Waals surface area contributed by atoms with E-state index in [1.165, 1.54) is 0 Å². The highest BCUT2D eigenvalue weighted by Gasteiger charge is 2.14. The summed E-state index contributed by atoms with van der Waals surface area (Å²) in [6.45, 7) is 1.61. The van der Waals surface area contributed by atoms with Crippen LogP contribution in [0.1, 0.15) is 6.42 Å². The Labute approximate surface area is 66.3 Å². The summed E-state index contributed by atoms with van der Waals surface area (Å²) in [4.78, 5) is 0. The molecule has 0 radical (unpaired) electrons. The lowest BCUT2D eigenvalue weighted by Gasteiger charge is -2.24. The third kappa shape index (κ3) is 9.83. The van der Waals surface area contributed by atoms with Gasteiger partial charge < -0.3 is 10.5 Å². The van der Waals surface area contributed by atoms with E-state index in [1.54, 1.807) is 0 Å². The highest BCUT2D eigenvalue weighted by atomic mass is 32.2. The summed E-state index contributed by atoms with van der Waals surface area (Å²) in [6.07, 6.45) is 2.27. The van der Waals surface area contributed by atoms with Gasteiger partial charge in [-0.25, -0.2) is 0 Å². The van der Waals surface area contributed by atoms with Crippen LogP contribution in [-0.2, 0) is 14.9 Å². The maximum absolute atomic E-state index is 9.19. The second-order valence-corrected chi connectivity index (χ2v) is 3.72. The van der Waals surface area contributed by atoms with Crippen LogP contribution in [0.5, 0.6) is 0 Å². The second-order valence-electron chi connectivity index (χ2n) is 2.25. The fourth-order valence-electron chi connectivity index (χ4n) is 0.470. The van der Waals surface area contributed by atoms with E-state index in [9.17, 15) is 8.42 Å². The van der Waals surface area contributed by atoms with Gasteiger partial charge in [0.1, 0.15) is 0 Å². The molecule has 0 aromatic rings. The summed E-state index contributed by atoms with van der Waals surface area (Å²) in [6, 6.07) is 0. The van der Waals surface area contributed by atoms with Crippen molar-refractivity contribution in [2.45, 2.75) is 12.5 Å². The predicted molar refractivity (Wildman–Crippen MR) is 40.9 cm³/mol. The van der Waals surface area contributed by atoms with E-state index < -0.39 is 10.1 Å². The van der Waals surface area contributed by atoms with Gasteiger partial charge in [0, 0.05) is 13.2 Å². The Morgan fingerprint density at radius 1 is 1.73 bits per heavy atom. The predicted octanol–water partition coefficient (Wildman–Crippen LogP) is -0.762. The van der Waals surface area contributed by atoms with E-state index in [0.717, 1.165) is 13.0 Å². The molecule has 1 aliphatic rings. The van der Waals surface area contributed by atoms with Gasteiger partial charge in [-0.1, -0.05) is 0 Å². The van der Waals surface area contributed by atoms with Gasteiger partial charge >= 0.3 is 0 Å². The van der Waals surface area contributed by atoms with Crippen LogP contribution < -0.4 is 5.73 Å². The van der Waals surface area contributed by atoms with Crippen molar-refractivity contribution < 1.29 is 17.7 Å². The van der Waals surface area contributed by atoms with Crippen LogP contribution >= 0.6 is 0 Å². The van der Waals surface area contributed by atoms with E-state index in [-0.39, 0.29) is 0 Å². The van der Waals surface area contributed by atoms with E-state index in [0.29, 0.717) is 18.9 Å². The van der Waals surface area contributed by atoms with Crippen molar-refractivity contribution in [3.63, 3.8) is 0 Å². The van der Waals surface area contributed by atoms with Gasteiger partial charge in [0.05, 0.1) is 12.4 Å². The molecule has 11 heavy (non-hydrogen) atoms. The topological polar surface area (TPSA) is 89.6 Å². The van der Waals surface area contributed by atoms with Crippen LogP contribution in [0.15, 0.2) is 0 Å². The van der Waals surface area contributed by atoms with Crippen LogP contribution in [0.2, 0.25) is 0 Å². The summed E-state index contributed by atoms with van der Waals surface area (Å²) in [5, 5.41) is 0. The summed E-state index contributed by atoms with van der Waals surface area (Å²) >= 11 is 0. The van der Waals surface area contributed by atoms with Crippen molar-refractivity contribution in [3.05, 3.63) is 0 Å². The Balaban J connectivity index is 0.000000187. The van der Waals surface area contributed by atoms with E-state index >= 15 is 0 Å². The Morgan fingerprint density at radius 2 is 2.09 bits per heavy atom. The lowest BCUT2D eigenvalue weighted by atomic mass is 10.2. The number of hydrogen-bond acceptors (Lipinski definition) is 4. The summed E-state index contributed by atoms with van der Waals surface area (Å²) in [5.74, 6) is 0. The first-order valence-electron chi connectivity index (χ1n) is 3.17. The quantitative estimate of drug-likeness (QED) is 0.521. The largest absolute Gasteiger partial charge is 0.377 e. The summed E-state index contributed by atoms with van der Waals surface area (Å²) < 4.78 is 30.8. The van der Waals surface area contributed by atoms with Gasteiger partial charge in [-0.05, 0) is 6.42 Å². The molecule has 5 nitrogen and oxygen atoms in total. The molecule has 0 aliphatic carbocycles. The van der Waals surface area contributed by atoms with Crippen LogP contribution in [-0.4, -0.2) is 38.5 Å². The van der Waals surface area contributed by atoms with Crippen LogP contribution in [0, 0.1) is 0 Å². The molecule has 1 aliphatic heterocycles. The molecule has 1 heterocycles. The zero-order valence-corrected chi connectivity index (χ0v) is 7.17. The monoisotopic (exact) mass is 183 g/mol. The number of ether oxygens (including phenoxy) is 1. The minimum Gasteiger partial charge on any atom is -0.377 e. The molecule has 0 unspecified atom stereocenters. The van der Waals surface area contributed by atoms with E-state index in [4.69, 9.17) is 15.0 Å². The fraction of sp³-hybridized carbons (Fsp3) is 1.00. The maximum atomic E-state index is 9.19. The zero-order valence-electron chi connectivity index (χ0n) is 6.36. The SMILES string of the molecule is CS(=O)(=O)O.NC[C@@H]1CCO1. The lowest BCUT2D eigenvalue weighted by molar-refractivity contribution is -0.0435. The third-order valence-corrected chi connectivity index (χ3v) is 1.06. The Kier molecular flexibility index (Phi) is 4.58. The average Bonchev–Trinajstić information content (AvgIpc) is 1.55. The molecule has 0 bridgehead atoms. The Bertz CT molecular complexity index is 174. The van der Waals surface area contributed by atoms with Crippen molar-refractivity contribution in [1.29, 1.82) is 0 Å². The van der Waals surface area contributed by atoms with Crippen LogP contribution in [0.25, 0.3) is 0 Å². The van der Waals surface area contributed by atoms with Gasteiger partial charge in [0.15, 0.2) is 0 Å². The van der Waals surface area contributed by atoms with Gasteiger partial charge in [-0.2, -0.15) is 8.42 Å². The first-order chi connectivity index (χ1) is 4.93. The molecular formula is C5H13NO4S. The fourth-order valence-corrected chi connectivity index (χ4v) is 0.470. The molecule has 1 atom stereocenters. The van der Waals surface area contributed by atoms with Crippen LogP contribution in [0.4, 0.5) is 0 Å². The minimum absolute atomic E-state index is 0.394. The van der Waals surface area contributed by atoms with Gasteiger partial charge in [-0.15, -0.1) is 0 Å². The maximum Gasteiger partial charge on any atom is 0.261 e. The molecule has 1 saturated heterocycles. The first-order valence-corrected chi connectivity index (χ1v) is 5.02. The van der Waals surface area contributed by atoms with E-state index in [2.05, 4.69) is 0 Å². The minimum atomic E-state index is -3.67. The second kappa shape index (κ2) is 4.66. The first kappa shape index (κ1) is 10.8. The van der Waals surface area contributed by atoms with Crippen molar-refractivity contribution in [2.75, 3.05) is 19.4 Å². The average molecular weight is 183 g/mol. The summed E-state index contributed by atoms with van der Waals surface area (Å²) in [5.41, 5.74) is 5.21. The van der Waals surface area contributed by atoms with Crippen molar-refractivity contribution >= 4 is 10.1 Å². The molecule has 0 aromatic heterocycles. The van der Waals surface area contributed by atoms with Crippen LogP contribution in [0.3, 0.4) is 0 Å². The normalized spacial score (nSPS) is 23.0. The molecule has 0 aromatic carbocycles. The Morgan fingerprint density at radius 3 is 2.09 bits per heavy atom. The molecule has 0 spiro atoms. The van der Waals surface area contributed by atoms with Crippen molar-refractivity contribution in [3.8, 4) is 0 Å². The number of nitrogens with two attached hydrogens (primary N) is 1. The lowest BCUT2D eigenvalue weighted by Crippen LogP contribution is -2.33. The molecular weight excluding hydrogens is 170 g/mol. The molecule has 0 saturated carbocycles. The van der Waals surface area contributed by atoms with Crippen molar-refractivity contribution in [1.82, 2.24) is 0 Å². The molecule has 68 valence electrons. The molecule has 1 rings (SSSR count). The number of rotatable bonds is 1.